The fraction of sp³-hybridized carbons (Fsp3) is 0.214. The average molecular weight is 680 g/mol. The van der Waals surface area contributed by atoms with Crippen LogP contribution in [0.3, 0.4) is 0 Å². The van der Waals surface area contributed by atoms with Crippen LogP contribution >= 0.6 is 0 Å². The van der Waals surface area contributed by atoms with Gasteiger partial charge in [-0.05, 0) is 66.3 Å². The number of hydrogen-bond acceptors (Lipinski definition) is 7. The maximum atomic E-state index is 15.2. The number of aromatic carboxylic acids is 1. The van der Waals surface area contributed by atoms with E-state index in [0.717, 1.165) is 4.90 Å². The lowest BCUT2D eigenvalue weighted by molar-refractivity contribution is -0.135. The van der Waals surface area contributed by atoms with Crippen molar-refractivity contribution in [3.05, 3.63) is 143 Å². The smallest absolute Gasteiger partial charge is 0.335 e. The van der Waals surface area contributed by atoms with Crippen LogP contribution in [0.2, 0.25) is 0 Å². The summed E-state index contributed by atoms with van der Waals surface area (Å²) in [4.78, 5) is 71.7. The number of Topliss-reactive ketones (excluding diaryl/α,β-unsaturated/α-hetero) is 1. The maximum Gasteiger partial charge on any atom is 0.335 e. The topological polar surface area (TPSA) is 138 Å². The van der Waals surface area contributed by atoms with Gasteiger partial charge in [-0.25, -0.2) is 4.79 Å². The number of aromatic hydroxyl groups is 1. The third-order valence-corrected chi connectivity index (χ3v) is 11.3. The van der Waals surface area contributed by atoms with E-state index in [-0.39, 0.29) is 47.0 Å². The van der Waals surface area contributed by atoms with Crippen molar-refractivity contribution in [2.45, 2.75) is 24.2 Å². The molecule has 6 atom stereocenters. The summed E-state index contributed by atoms with van der Waals surface area (Å²) in [7, 11) is 1.47. The molecule has 8 rings (SSSR count). The number of phenols is 1. The summed E-state index contributed by atoms with van der Waals surface area (Å²) in [6.45, 7) is 0. The third-order valence-electron chi connectivity index (χ3n) is 11.3. The number of anilines is 1. The molecule has 2 amide bonds. The van der Waals surface area contributed by atoms with E-state index >= 15 is 9.59 Å². The predicted octanol–water partition coefficient (Wildman–Crippen LogP) is 6.13. The minimum absolute atomic E-state index is 0.0645. The normalized spacial score (nSPS) is 26.8. The number of allylic oxidation sites excluding steroid dienone is 4. The fourth-order valence-corrected chi connectivity index (χ4v) is 9.22. The number of imide groups is 1. The van der Waals surface area contributed by atoms with Crippen LogP contribution in [-0.4, -0.2) is 46.7 Å². The lowest BCUT2D eigenvalue weighted by Crippen LogP contribution is -2.58. The van der Waals surface area contributed by atoms with Gasteiger partial charge in [0, 0.05) is 23.0 Å². The van der Waals surface area contributed by atoms with Crippen LogP contribution in [0.5, 0.6) is 11.5 Å². The van der Waals surface area contributed by atoms with Crippen molar-refractivity contribution in [3.63, 3.8) is 0 Å². The van der Waals surface area contributed by atoms with E-state index in [2.05, 4.69) is 0 Å². The van der Waals surface area contributed by atoms with Crippen molar-refractivity contribution >= 4 is 40.6 Å². The lowest BCUT2D eigenvalue weighted by atomic mass is 9.44. The highest BCUT2D eigenvalue weighted by Gasteiger charge is 2.66. The summed E-state index contributed by atoms with van der Waals surface area (Å²) >= 11 is 0. The molecule has 254 valence electrons. The molecule has 1 heterocycles. The predicted molar refractivity (Wildman–Crippen MR) is 187 cm³/mol. The summed E-state index contributed by atoms with van der Waals surface area (Å²) in [5.41, 5.74) is 1.01. The number of carbonyl (C=O) groups excluding carboxylic acids is 4. The molecule has 4 aliphatic rings. The Morgan fingerprint density at radius 3 is 2.25 bits per heavy atom. The molecule has 9 heteroatoms. The molecular weight excluding hydrogens is 646 g/mol. The largest absolute Gasteiger partial charge is 0.508 e. The number of fused-ring (bicyclic) bond motifs is 4. The first-order chi connectivity index (χ1) is 24.7. The molecule has 0 bridgehead atoms. The minimum atomic E-state index is -1.53. The Balaban J connectivity index is 1.37. The number of hydrogen-bond donors (Lipinski definition) is 2. The number of ether oxygens (including phenoxy) is 1. The Bertz CT molecular complexity index is 2210. The number of rotatable bonds is 6. The van der Waals surface area contributed by atoms with Crippen molar-refractivity contribution in [1.29, 1.82) is 0 Å². The van der Waals surface area contributed by atoms with Gasteiger partial charge in [0.1, 0.15) is 11.5 Å². The highest BCUT2D eigenvalue weighted by molar-refractivity contribution is 6.32. The molecule has 1 aliphatic heterocycles. The number of carbonyl (C=O) groups is 5. The Morgan fingerprint density at radius 2 is 1.55 bits per heavy atom. The van der Waals surface area contributed by atoms with Gasteiger partial charge in [0.25, 0.3) is 0 Å². The van der Waals surface area contributed by atoms with Crippen LogP contribution in [0.15, 0.2) is 121 Å². The second-order valence-electron chi connectivity index (χ2n) is 13.5. The van der Waals surface area contributed by atoms with Gasteiger partial charge in [0.05, 0.1) is 35.6 Å². The first-order valence-corrected chi connectivity index (χ1v) is 16.9. The molecule has 4 aromatic rings. The van der Waals surface area contributed by atoms with E-state index in [1.807, 2.05) is 42.5 Å². The Hall–Kier alpha value is -6.09. The molecule has 2 N–H and O–H groups in total. The Morgan fingerprint density at radius 1 is 0.843 bits per heavy atom. The Labute approximate surface area is 293 Å². The molecule has 0 aromatic heterocycles. The van der Waals surface area contributed by atoms with Gasteiger partial charge in [-0.15, -0.1) is 0 Å². The van der Waals surface area contributed by atoms with E-state index in [9.17, 15) is 24.6 Å². The zero-order chi connectivity index (χ0) is 35.6. The monoisotopic (exact) mass is 679 g/mol. The van der Waals surface area contributed by atoms with Crippen LogP contribution in [-0.2, 0) is 24.6 Å². The number of nitrogens with zero attached hydrogens (tertiary/aromatic N) is 1. The van der Waals surface area contributed by atoms with Gasteiger partial charge < -0.3 is 14.9 Å². The number of benzene rings is 4. The van der Waals surface area contributed by atoms with Gasteiger partial charge >= 0.3 is 5.97 Å². The van der Waals surface area contributed by atoms with Gasteiger partial charge in [0.15, 0.2) is 11.6 Å². The summed E-state index contributed by atoms with van der Waals surface area (Å²) in [5.74, 6) is -6.80. The number of carboxylic acid groups (broad SMARTS) is 1. The molecule has 4 aromatic carbocycles. The van der Waals surface area contributed by atoms with Crippen LogP contribution in [0.4, 0.5) is 5.69 Å². The molecule has 3 aliphatic carbocycles. The molecule has 0 radical (unpaired) electrons. The zero-order valence-electron chi connectivity index (χ0n) is 27.6. The number of amides is 2. The van der Waals surface area contributed by atoms with Crippen LogP contribution in [0.25, 0.3) is 5.57 Å². The molecule has 2 fully saturated rings. The molecule has 0 unspecified atom stereocenters. The lowest BCUT2D eigenvalue weighted by Gasteiger charge is -2.55. The molecule has 9 nitrogen and oxygen atoms in total. The summed E-state index contributed by atoms with van der Waals surface area (Å²) in [5, 5.41) is 21.3. The fourth-order valence-electron chi connectivity index (χ4n) is 9.22. The summed E-state index contributed by atoms with van der Waals surface area (Å²) in [6, 6.07) is 28.7. The minimum Gasteiger partial charge on any atom is -0.508 e. The number of phenolic OH excluding ortho intramolecular Hbond substituents is 1. The van der Waals surface area contributed by atoms with Gasteiger partial charge in [0.2, 0.25) is 11.8 Å². The van der Waals surface area contributed by atoms with E-state index in [0.29, 0.717) is 28.0 Å². The average Bonchev–Trinajstić information content (AvgIpc) is 3.41. The quantitative estimate of drug-likeness (QED) is 0.184. The summed E-state index contributed by atoms with van der Waals surface area (Å²) < 4.78 is 5.83. The van der Waals surface area contributed by atoms with Crippen molar-refractivity contribution in [2.24, 2.45) is 23.7 Å². The molecule has 1 saturated heterocycles. The summed E-state index contributed by atoms with van der Waals surface area (Å²) in [6.07, 6.45) is 3.59. The van der Waals surface area contributed by atoms with E-state index in [4.69, 9.17) is 4.74 Å². The second kappa shape index (κ2) is 12.1. The Kier molecular flexibility index (Phi) is 7.59. The van der Waals surface area contributed by atoms with Crippen LogP contribution < -0.4 is 9.64 Å². The maximum absolute atomic E-state index is 15.2. The molecular formula is C42H33NO8. The van der Waals surface area contributed by atoms with Gasteiger partial charge in [-0.1, -0.05) is 84.4 Å². The van der Waals surface area contributed by atoms with Crippen molar-refractivity contribution in [2.75, 3.05) is 12.0 Å². The molecule has 0 spiro atoms. The highest BCUT2D eigenvalue weighted by Crippen LogP contribution is 2.65. The first kappa shape index (κ1) is 32.1. The van der Waals surface area contributed by atoms with Crippen LogP contribution in [0.1, 0.15) is 45.8 Å². The molecule has 1 saturated carbocycles. The van der Waals surface area contributed by atoms with Crippen molar-refractivity contribution < 1.29 is 38.9 Å². The van der Waals surface area contributed by atoms with Gasteiger partial charge in [-0.2, -0.15) is 0 Å². The number of ketones is 2. The van der Waals surface area contributed by atoms with Crippen LogP contribution in [0, 0.1) is 23.7 Å². The molecule has 51 heavy (non-hydrogen) atoms. The SMILES string of the molecule is COc1cccc(O)c1[C@H]1C2=CC[C@@H]3C(=O)N(c4cccc(C(=O)O)c4)C(=O)[C@@H]3[C@@H]2C[C@H]2C(=O)C(c3ccccc3)=CC(=O)[C@@]12c1ccccc1. The van der Waals surface area contributed by atoms with E-state index in [1.54, 1.807) is 36.4 Å². The van der Waals surface area contributed by atoms with Crippen molar-refractivity contribution in [1.82, 2.24) is 0 Å². The standard InChI is InChI=1S/C42H33NO8/c1-51-33-17-9-16-32(44)36(33)37-27-18-19-28-35(40(48)43(39(28)47)26-15-8-12-24(20-26)41(49)50)30(27)21-31-38(46)29(23-10-4-2-5-11-23)22-34(45)42(31,37)25-13-6-3-7-14-25/h2-18,20,22,28,30-31,35,37,44H,19,21H2,1H3,(H,49,50)/t28-,30+,31-,35-,37+,42-/m0/s1. The first-order valence-electron chi connectivity index (χ1n) is 16.9. The van der Waals surface area contributed by atoms with Gasteiger partial charge in [-0.3, -0.25) is 24.1 Å². The van der Waals surface area contributed by atoms with Crippen molar-refractivity contribution in [3.8, 4) is 11.5 Å². The van der Waals surface area contributed by atoms with E-state index < -0.39 is 52.8 Å². The second-order valence-corrected chi connectivity index (χ2v) is 13.5. The van der Waals surface area contributed by atoms with E-state index in [1.165, 1.54) is 43.5 Å². The third kappa shape index (κ3) is 4.64. The zero-order valence-corrected chi connectivity index (χ0v) is 27.6. The number of methoxy groups -OCH3 is 1. The number of carboxylic acids is 1. The highest BCUT2D eigenvalue weighted by atomic mass is 16.5.